The van der Waals surface area contributed by atoms with E-state index in [1.807, 2.05) is 19.7 Å². The molecule has 0 aromatic heterocycles. The minimum atomic E-state index is 0.745. The van der Waals surface area contributed by atoms with Crippen LogP contribution in [-0.2, 0) is 0 Å². The van der Waals surface area contributed by atoms with Gasteiger partial charge in [-0.25, -0.2) is 4.58 Å². The summed E-state index contributed by atoms with van der Waals surface area (Å²) >= 11 is 0. The number of aliphatic imine (C=N–C) groups is 2. The zero-order valence-corrected chi connectivity index (χ0v) is 13.1. The van der Waals surface area contributed by atoms with E-state index in [0.29, 0.717) is 0 Å². The predicted molar refractivity (Wildman–Crippen MR) is 88.4 cm³/mol. The van der Waals surface area contributed by atoms with Crippen LogP contribution in [0.1, 0.15) is 32.6 Å². The molecule has 0 bridgehead atoms. The van der Waals surface area contributed by atoms with Crippen molar-refractivity contribution in [1.29, 1.82) is 0 Å². The van der Waals surface area contributed by atoms with Gasteiger partial charge in [-0.05, 0) is 49.8 Å². The summed E-state index contributed by atoms with van der Waals surface area (Å²) in [6.45, 7) is 5.15. The molecule has 0 spiro atoms. The van der Waals surface area contributed by atoms with Gasteiger partial charge in [-0.3, -0.25) is 4.99 Å². The van der Waals surface area contributed by atoms with E-state index in [2.05, 4.69) is 38.5 Å². The summed E-state index contributed by atoms with van der Waals surface area (Å²) < 4.78 is 2.32. The molecule has 21 heavy (non-hydrogen) atoms. The van der Waals surface area contributed by atoms with Crippen LogP contribution >= 0.6 is 0 Å². The first-order valence-electron chi connectivity index (χ1n) is 8.05. The maximum Gasteiger partial charge on any atom is 0.280 e. The third-order valence-electron chi connectivity index (χ3n) is 4.66. The quantitative estimate of drug-likeness (QED) is 0.445. The Kier molecular flexibility index (Phi) is 4.32. The summed E-state index contributed by atoms with van der Waals surface area (Å²) in [6, 6.07) is 0. The molecule has 1 heterocycles. The molecule has 1 aliphatic heterocycles. The molecule has 0 fully saturated rings. The van der Waals surface area contributed by atoms with E-state index in [4.69, 9.17) is 0 Å². The Balaban J connectivity index is 1.89. The van der Waals surface area contributed by atoms with E-state index in [1.165, 1.54) is 42.7 Å². The zero-order chi connectivity index (χ0) is 14.7. The molecular formula is C17H25N4+. The highest BCUT2D eigenvalue weighted by Crippen LogP contribution is 2.35. The minimum Gasteiger partial charge on any atom is -0.337 e. The highest BCUT2D eigenvalue weighted by Gasteiger charge is 2.27. The van der Waals surface area contributed by atoms with Crippen molar-refractivity contribution in [3.05, 3.63) is 23.4 Å². The van der Waals surface area contributed by atoms with Crippen molar-refractivity contribution in [3.63, 3.8) is 0 Å². The van der Waals surface area contributed by atoms with Gasteiger partial charge in [0, 0.05) is 25.7 Å². The molecule has 0 aromatic carbocycles. The molecule has 112 valence electrons. The van der Waals surface area contributed by atoms with E-state index in [-0.39, 0.29) is 0 Å². The summed E-state index contributed by atoms with van der Waals surface area (Å²) in [5.74, 6) is 0.745. The average molecular weight is 285 g/mol. The Morgan fingerprint density at radius 1 is 1.38 bits per heavy atom. The molecule has 4 heteroatoms. The largest absolute Gasteiger partial charge is 0.337 e. The number of allylic oxidation sites excluding steroid dienone is 4. The highest BCUT2D eigenvalue weighted by molar-refractivity contribution is 5.94. The number of hydrogen-bond donors (Lipinski definition) is 0. The lowest BCUT2D eigenvalue weighted by Gasteiger charge is -2.31. The van der Waals surface area contributed by atoms with Gasteiger partial charge in [0.2, 0.25) is 0 Å². The Morgan fingerprint density at radius 3 is 2.95 bits per heavy atom. The zero-order valence-electron chi connectivity index (χ0n) is 13.1. The van der Waals surface area contributed by atoms with E-state index >= 15 is 0 Å². The Morgan fingerprint density at radius 2 is 2.24 bits per heavy atom. The lowest BCUT2D eigenvalue weighted by atomic mass is 9.79. The summed E-state index contributed by atoms with van der Waals surface area (Å²) in [5, 5.41) is 0. The maximum absolute atomic E-state index is 4.33. The fourth-order valence-corrected chi connectivity index (χ4v) is 3.48. The van der Waals surface area contributed by atoms with E-state index in [1.54, 1.807) is 0 Å². The smallest absolute Gasteiger partial charge is 0.280 e. The molecular weight excluding hydrogens is 260 g/mol. The van der Waals surface area contributed by atoms with Gasteiger partial charge in [-0.15, -0.1) is 0 Å². The van der Waals surface area contributed by atoms with E-state index < -0.39 is 0 Å². The standard InChI is InChI=1S/C17H25N4/c1-3-20(12-18-2)16-6-4-14-5-7-17(11-15(14)10-16)21-9-8-19-13-21/h10-14H,3-9H2,1-2H3/q+1. The molecule has 0 radical (unpaired) electrons. The molecule has 0 aromatic rings. The van der Waals surface area contributed by atoms with E-state index in [0.717, 1.165) is 25.6 Å². The van der Waals surface area contributed by atoms with Crippen LogP contribution in [0.25, 0.3) is 0 Å². The highest BCUT2D eigenvalue weighted by atomic mass is 15.2. The normalized spacial score (nSPS) is 28.6. The SMILES string of the molecule is CCN(C=NC)C1=CC2=CC(=[N+]3C=NCC3)CCC2CC1. The summed E-state index contributed by atoms with van der Waals surface area (Å²) in [6.07, 6.45) is 13.7. The number of hydrogen-bond acceptors (Lipinski definition) is 2. The van der Waals surface area contributed by atoms with Crippen LogP contribution < -0.4 is 0 Å². The monoisotopic (exact) mass is 285 g/mol. The fourth-order valence-electron chi connectivity index (χ4n) is 3.48. The molecule has 0 amide bonds. The van der Waals surface area contributed by atoms with Crippen molar-refractivity contribution in [2.45, 2.75) is 32.6 Å². The average Bonchev–Trinajstić information content (AvgIpc) is 3.06. The van der Waals surface area contributed by atoms with Crippen molar-refractivity contribution < 1.29 is 4.58 Å². The second kappa shape index (κ2) is 6.37. The number of fused-ring (bicyclic) bond motifs is 1. The van der Waals surface area contributed by atoms with Crippen LogP contribution in [0, 0.1) is 5.92 Å². The maximum atomic E-state index is 4.33. The second-order valence-corrected chi connectivity index (χ2v) is 5.92. The Labute approximate surface area is 127 Å². The van der Waals surface area contributed by atoms with Gasteiger partial charge in [0.05, 0.1) is 6.34 Å². The first-order valence-corrected chi connectivity index (χ1v) is 8.05. The Hall–Kier alpha value is -1.71. The molecule has 0 saturated heterocycles. The van der Waals surface area contributed by atoms with Crippen LogP contribution in [0.3, 0.4) is 0 Å². The number of rotatable bonds is 3. The first-order chi connectivity index (χ1) is 10.3. The van der Waals surface area contributed by atoms with Crippen LogP contribution in [0.2, 0.25) is 0 Å². The lowest BCUT2D eigenvalue weighted by Crippen LogP contribution is -2.28. The molecule has 3 aliphatic rings. The molecule has 4 nitrogen and oxygen atoms in total. The van der Waals surface area contributed by atoms with Gasteiger partial charge in [0.15, 0.2) is 6.54 Å². The predicted octanol–water partition coefficient (Wildman–Crippen LogP) is 2.48. The molecule has 1 atom stereocenters. The van der Waals surface area contributed by atoms with Gasteiger partial charge in [-0.2, -0.15) is 0 Å². The first kappa shape index (κ1) is 14.2. The lowest BCUT2D eigenvalue weighted by molar-refractivity contribution is -0.385. The molecule has 0 N–H and O–H groups in total. The fraction of sp³-hybridized carbons (Fsp3) is 0.588. The summed E-state index contributed by atoms with van der Waals surface area (Å²) in [5.41, 5.74) is 4.34. The summed E-state index contributed by atoms with van der Waals surface area (Å²) in [4.78, 5) is 10.8. The third-order valence-corrected chi connectivity index (χ3v) is 4.66. The van der Waals surface area contributed by atoms with Crippen molar-refractivity contribution >= 4 is 18.4 Å². The van der Waals surface area contributed by atoms with Gasteiger partial charge in [-0.1, -0.05) is 4.99 Å². The van der Waals surface area contributed by atoms with Crippen molar-refractivity contribution in [2.75, 3.05) is 26.7 Å². The van der Waals surface area contributed by atoms with Crippen LogP contribution in [0.5, 0.6) is 0 Å². The third kappa shape index (κ3) is 2.99. The van der Waals surface area contributed by atoms with Crippen LogP contribution in [0.15, 0.2) is 33.4 Å². The van der Waals surface area contributed by atoms with Gasteiger partial charge in [0.25, 0.3) is 6.34 Å². The van der Waals surface area contributed by atoms with Crippen molar-refractivity contribution in [3.8, 4) is 0 Å². The minimum absolute atomic E-state index is 0.745. The Bertz CT molecular complexity index is 551. The van der Waals surface area contributed by atoms with Crippen molar-refractivity contribution in [1.82, 2.24) is 4.90 Å². The van der Waals surface area contributed by atoms with Crippen LogP contribution in [-0.4, -0.2) is 54.5 Å². The van der Waals surface area contributed by atoms with Gasteiger partial charge >= 0.3 is 0 Å². The molecule has 2 aliphatic carbocycles. The molecule has 1 unspecified atom stereocenters. The van der Waals surface area contributed by atoms with Gasteiger partial charge < -0.3 is 4.90 Å². The molecule has 3 rings (SSSR count). The van der Waals surface area contributed by atoms with E-state index in [9.17, 15) is 0 Å². The van der Waals surface area contributed by atoms with Crippen LogP contribution in [0.4, 0.5) is 0 Å². The topological polar surface area (TPSA) is 31.0 Å². The second-order valence-electron chi connectivity index (χ2n) is 5.92. The molecule has 0 saturated carbocycles. The number of nitrogens with zero attached hydrogens (tertiary/aromatic N) is 4. The summed E-state index contributed by atoms with van der Waals surface area (Å²) in [7, 11) is 1.84. The van der Waals surface area contributed by atoms with Crippen molar-refractivity contribution in [2.24, 2.45) is 15.9 Å². The van der Waals surface area contributed by atoms with Gasteiger partial charge in [0.1, 0.15) is 12.3 Å².